The Morgan fingerprint density at radius 2 is 1.81 bits per heavy atom. The van der Waals surface area contributed by atoms with Crippen LogP contribution in [0.3, 0.4) is 0 Å². The van der Waals surface area contributed by atoms with Gasteiger partial charge < -0.3 is 15.3 Å². The molecule has 1 heterocycles. The lowest BCUT2D eigenvalue weighted by atomic mass is 10.1. The highest BCUT2D eigenvalue weighted by Crippen LogP contribution is 2.15. The Balaban J connectivity index is 1.49. The second-order valence-corrected chi connectivity index (χ2v) is 6.88. The first kappa shape index (κ1) is 18.4. The van der Waals surface area contributed by atoms with E-state index in [1.807, 2.05) is 30.3 Å². The number of carbonyl (C=O) groups is 1. The van der Waals surface area contributed by atoms with Gasteiger partial charge >= 0.3 is 0 Å². The van der Waals surface area contributed by atoms with Crippen molar-refractivity contribution in [1.82, 2.24) is 9.80 Å². The minimum atomic E-state index is 0.0574. The SMILES string of the molecule is CC(=O)c1ccc(NC(=S)N2CCN(Cc3cccc(O)c3)CC2)cc1. The van der Waals surface area contributed by atoms with Crippen molar-refractivity contribution in [2.45, 2.75) is 13.5 Å². The fourth-order valence-corrected chi connectivity index (χ4v) is 3.31. The summed E-state index contributed by atoms with van der Waals surface area (Å²) < 4.78 is 0. The van der Waals surface area contributed by atoms with Crippen molar-refractivity contribution in [1.29, 1.82) is 0 Å². The molecule has 0 atom stereocenters. The van der Waals surface area contributed by atoms with Crippen molar-refractivity contribution < 1.29 is 9.90 Å². The highest BCUT2D eigenvalue weighted by Gasteiger charge is 2.19. The van der Waals surface area contributed by atoms with Crippen LogP contribution in [0.15, 0.2) is 48.5 Å². The van der Waals surface area contributed by atoms with Crippen molar-refractivity contribution in [3.63, 3.8) is 0 Å². The zero-order valence-electron chi connectivity index (χ0n) is 14.8. The maximum Gasteiger partial charge on any atom is 0.173 e. The van der Waals surface area contributed by atoms with Gasteiger partial charge in [-0.25, -0.2) is 0 Å². The molecule has 0 radical (unpaired) electrons. The number of hydrogen-bond acceptors (Lipinski definition) is 4. The first-order chi connectivity index (χ1) is 12.5. The molecule has 2 N–H and O–H groups in total. The normalized spacial score (nSPS) is 14.9. The molecule has 3 rings (SSSR count). The van der Waals surface area contributed by atoms with Gasteiger partial charge in [0.15, 0.2) is 10.9 Å². The number of hydrogen-bond donors (Lipinski definition) is 2. The molecule has 5 nitrogen and oxygen atoms in total. The predicted octanol–water partition coefficient (Wildman–Crippen LogP) is 3.11. The van der Waals surface area contributed by atoms with Crippen LogP contribution in [0.2, 0.25) is 0 Å². The van der Waals surface area contributed by atoms with Crippen LogP contribution in [0.1, 0.15) is 22.8 Å². The molecule has 2 aromatic rings. The quantitative estimate of drug-likeness (QED) is 0.638. The number of nitrogens with one attached hydrogen (secondary N) is 1. The van der Waals surface area contributed by atoms with Gasteiger partial charge in [-0.3, -0.25) is 9.69 Å². The molecule has 0 bridgehead atoms. The first-order valence-corrected chi connectivity index (χ1v) is 9.09. The van der Waals surface area contributed by atoms with Crippen LogP contribution in [0.4, 0.5) is 5.69 Å². The maximum absolute atomic E-state index is 11.3. The lowest BCUT2D eigenvalue weighted by Crippen LogP contribution is -2.49. The third-order valence-electron chi connectivity index (χ3n) is 4.52. The van der Waals surface area contributed by atoms with Gasteiger partial charge in [0.25, 0.3) is 0 Å². The molecule has 1 saturated heterocycles. The van der Waals surface area contributed by atoms with E-state index >= 15 is 0 Å². The summed E-state index contributed by atoms with van der Waals surface area (Å²) in [7, 11) is 0. The number of aromatic hydroxyl groups is 1. The molecule has 0 spiro atoms. The average Bonchev–Trinajstić information content (AvgIpc) is 2.63. The number of benzene rings is 2. The molecule has 6 heteroatoms. The van der Waals surface area contributed by atoms with Gasteiger partial charge in [0, 0.05) is 44.0 Å². The van der Waals surface area contributed by atoms with E-state index in [2.05, 4.69) is 15.1 Å². The van der Waals surface area contributed by atoms with Gasteiger partial charge in [-0.2, -0.15) is 0 Å². The Morgan fingerprint density at radius 1 is 1.12 bits per heavy atom. The molecule has 0 aromatic heterocycles. The summed E-state index contributed by atoms with van der Waals surface area (Å²) in [4.78, 5) is 15.9. The van der Waals surface area contributed by atoms with Crippen LogP contribution in [-0.4, -0.2) is 52.0 Å². The van der Waals surface area contributed by atoms with Crippen molar-refractivity contribution >= 4 is 28.8 Å². The minimum absolute atomic E-state index is 0.0574. The number of thiocarbonyl (C=S) groups is 1. The van der Waals surface area contributed by atoms with Gasteiger partial charge in [-0.05, 0) is 61.1 Å². The van der Waals surface area contributed by atoms with E-state index in [1.54, 1.807) is 25.1 Å². The number of rotatable bonds is 4. The average molecular weight is 369 g/mol. The number of ketones is 1. The van der Waals surface area contributed by atoms with Gasteiger partial charge in [0.1, 0.15) is 5.75 Å². The van der Waals surface area contributed by atoms with Crippen molar-refractivity contribution in [2.75, 3.05) is 31.5 Å². The van der Waals surface area contributed by atoms with Crippen LogP contribution in [0, 0.1) is 0 Å². The lowest BCUT2D eigenvalue weighted by molar-refractivity contribution is 0.101. The zero-order valence-corrected chi connectivity index (χ0v) is 15.6. The van der Waals surface area contributed by atoms with E-state index in [0.29, 0.717) is 16.4 Å². The van der Waals surface area contributed by atoms with Crippen molar-refractivity contribution in [2.24, 2.45) is 0 Å². The molecule has 2 aromatic carbocycles. The summed E-state index contributed by atoms with van der Waals surface area (Å²) in [6.07, 6.45) is 0. The van der Waals surface area contributed by atoms with E-state index in [4.69, 9.17) is 12.2 Å². The molecular weight excluding hydrogens is 346 g/mol. The lowest BCUT2D eigenvalue weighted by Gasteiger charge is -2.36. The highest BCUT2D eigenvalue weighted by atomic mass is 32.1. The van der Waals surface area contributed by atoms with E-state index < -0.39 is 0 Å². The zero-order chi connectivity index (χ0) is 18.5. The smallest absolute Gasteiger partial charge is 0.173 e. The fourth-order valence-electron chi connectivity index (χ4n) is 3.01. The largest absolute Gasteiger partial charge is 0.508 e. The summed E-state index contributed by atoms with van der Waals surface area (Å²) in [6.45, 7) is 5.94. The molecule has 136 valence electrons. The standard InChI is InChI=1S/C20H23N3O2S/c1-15(24)17-5-7-18(8-6-17)21-20(26)23-11-9-22(10-12-23)14-16-3-2-4-19(25)13-16/h2-8,13,25H,9-12,14H2,1H3,(H,21,26). The van der Waals surface area contributed by atoms with Crippen LogP contribution in [0.5, 0.6) is 5.75 Å². The van der Waals surface area contributed by atoms with Gasteiger partial charge in [-0.1, -0.05) is 12.1 Å². The molecule has 26 heavy (non-hydrogen) atoms. The molecule has 0 unspecified atom stereocenters. The number of phenols is 1. The Kier molecular flexibility index (Phi) is 5.85. The summed E-state index contributed by atoms with van der Waals surface area (Å²) >= 11 is 5.52. The van der Waals surface area contributed by atoms with E-state index in [0.717, 1.165) is 44.0 Å². The minimum Gasteiger partial charge on any atom is -0.508 e. The number of Topliss-reactive ketones (excluding diaryl/α,β-unsaturated/α-hetero) is 1. The van der Waals surface area contributed by atoms with E-state index in [-0.39, 0.29) is 5.78 Å². The molecule has 0 amide bonds. The van der Waals surface area contributed by atoms with Crippen molar-refractivity contribution in [3.05, 3.63) is 59.7 Å². The van der Waals surface area contributed by atoms with E-state index in [1.165, 1.54) is 0 Å². The molecule has 1 aliphatic heterocycles. The third-order valence-corrected chi connectivity index (χ3v) is 4.88. The maximum atomic E-state index is 11.3. The van der Waals surface area contributed by atoms with Crippen LogP contribution in [-0.2, 0) is 6.54 Å². The molecule has 0 aliphatic carbocycles. The summed E-state index contributed by atoms with van der Waals surface area (Å²) in [5.41, 5.74) is 2.70. The van der Waals surface area contributed by atoms with Gasteiger partial charge in [0.05, 0.1) is 0 Å². The monoisotopic (exact) mass is 369 g/mol. The summed E-state index contributed by atoms with van der Waals surface area (Å²) in [5.74, 6) is 0.365. The first-order valence-electron chi connectivity index (χ1n) is 8.68. The number of anilines is 1. The topological polar surface area (TPSA) is 55.8 Å². The van der Waals surface area contributed by atoms with Crippen LogP contribution in [0.25, 0.3) is 0 Å². The van der Waals surface area contributed by atoms with Crippen LogP contribution < -0.4 is 5.32 Å². The second kappa shape index (κ2) is 8.29. The Hall–Kier alpha value is -2.44. The highest BCUT2D eigenvalue weighted by molar-refractivity contribution is 7.80. The predicted molar refractivity (Wildman–Crippen MR) is 108 cm³/mol. The number of piperazine rings is 1. The number of carbonyl (C=O) groups excluding carboxylic acids is 1. The van der Waals surface area contributed by atoms with Gasteiger partial charge in [-0.15, -0.1) is 0 Å². The van der Waals surface area contributed by atoms with E-state index in [9.17, 15) is 9.90 Å². The third kappa shape index (κ3) is 4.80. The molecular formula is C20H23N3O2S. The van der Waals surface area contributed by atoms with Gasteiger partial charge in [0.2, 0.25) is 0 Å². The van der Waals surface area contributed by atoms with Crippen molar-refractivity contribution in [3.8, 4) is 5.75 Å². The second-order valence-electron chi connectivity index (χ2n) is 6.50. The molecule has 1 fully saturated rings. The Labute approximate surface area is 159 Å². The molecule has 1 aliphatic rings. The molecule has 0 saturated carbocycles. The van der Waals surface area contributed by atoms with Crippen LogP contribution >= 0.6 is 12.2 Å². The number of nitrogens with zero attached hydrogens (tertiary/aromatic N) is 2. The summed E-state index contributed by atoms with van der Waals surface area (Å²) in [5, 5.41) is 13.5. The number of phenolic OH excluding ortho intramolecular Hbond substituents is 1. The fraction of sp³-hybridized carbons (Fsp3) is 0.300. The summed E-state index contributed by atoms with van der Waals surface area (Å²) in [6, 6.07) is 14.8. The Morgan fingerprint density at radius 3 is 2.42 bits per heavy atom. The Bertz CT molecular complexity index is 784.